The molecule has 124 valence electrons. The lowest BCUT2D eigenvalue weighted by molar-refractivity contribution is 0.0368. The van der Waals surface area contributed by atoms with E-state index < -0.39 is 0 Å². The van der Waals surface area contributed by atoms with Gasteiger partial charge in [0.05, 0.1) is 18.8 Å². The monoisotopic (exact) mass is 326 g/mol. The van der Waals surface area contributed by atoms with Gasteiger partial charge in [-0.15, -0.1) is 0 Å². The first-order valence-corrected chi connectivity index (χ1v) is 7.92. The summed E-state index contributed by atoms with van der Waals surface area (Å²) in [7, 11) is 0. The zero-order valence-electron chi connectivity index (χ0n) is 13.3. The third kappa shape index (κ3) is 4.11. The van der Waals surface area contributed by atoms with E-state index in [2.05, 4.69) is 27.1 Å². The molecule has 0 amide bonds. The van der Waals surface area contributed by atoms with Gasteiger partial charge >= 0.3 is 0 Å². The molecule has 3 rings (SSSR count). The van der Waals surface area contributed by atoms with Gasteiger partial charge in [0.15, 0.2) is 0 Å². The molecule has 1 heterocycles. The summed E-state index contributed by atoms with van der Waals surface area (Å²) in [4.78, 5) is 5.12. The summed E-state index contributed by atoms with van der Waals surface area (Å²) in [6.45, 7) is 2.25. The maximum absolute atomic E-state index is 13.7. The molecule has 1 aliphatic rings. The molecule has 0 aromatic heterocycles. The quantitative estimate of drug-likeness (QED) is 0.459. The number of ether oxygens (including phenoxy) is 1. The van der Waals surface area contributed by atoms with Crippen molar-refractivity contribution in [3.8, 4) is 0 Å². The molecule has 0 unspecified atom stereocenters. The maximum atomic E-state index is 13.7. The van der Waals surface area contributed by atoms with E-state index in [1.165, 1.54) is 11.6 Å². The lowest BCUT2D eigenvalue weighted by atomic mass is 10.2. The molecule has 0 aliphatic carbocycles. The molecular weight excluding hydrogens is 307 g/mol. The van der Waals surface area contributed by atoms with Gasteiger partial charge in [-0.1, -0.05) is 53.6 Å². The molecule has 1 aliphatic heterocycles. The molecule has 5 nitrogen and oxygen atoms in total. The maximum Gasteiger partial charge on any atom is 0.128 e. The number of halogens is 1. The van der Waals surface area contributed by atoms with Crippen LogP contribution < -0.4 is 0 Å². The van der Waals surface area contributed by atoms with Crippen molar-refractivity contribution in [1.29, 1.82) is 0 Å². The lowest BCUT2D eigenvalue weighted by Crippen LogP contribution is -2.25. The first-order chi connectivity index (χ1) is 11.8. The SMILES string of the molecule is [N-]=[N+]=N[C@@H]1CN(Cc2ccccc2)C[C@H]1OCc1ccccc1F. The van der Waals surface area contributed by atoms with Gasteiger partial charge in [-0.2, -0.15) is 0 Å². The third-order valence-electron chi connectivity index (χ3n) is 4.17. The van der Waals surface area contributed by atoms with Crippen molar-refractivity contribution < 1.29 is 9.13 Å². The molecule has 1 fully saturated rings. The molecule has 0 radical (unpaired) electrons. The van der Waals surface area contributed by atoms with Crippen LogP contribution in [0.3, 0.4) is 0 Å². The normalized spacial score (nSPS) is 20.7. The smallest absolute Gasteiger partial charge is 0.128 e. The van der Waals surface area contributed by atoms with Crippen molar-refractivity contribution in [1.82, 2.24) is 4.90 Å². The average Bonchev–Trinajstić information content (AvgIpc) is 2.97. The fourth-order valence-electron chi connectivity index (χ4n) is 2.96. The summed E-state index contributed by atoms with van der Waals surface area (Å²) in [5, 5.41) is 3.85. The molecule has 1 saturated heterocycles. The topological polar surface area (TPSA) is 61.2 Å². The number of benzene rings is 2. The zero-order chi connectivity index (χ0) is 16.8. The van der Waals surface area contributed by atoms with E-state index in [4.69, 9.17) is 10.3 Å². The number of azide groups is 1. The minimum Gasteiger partial charge on any atom is -0.372 e. The van der Waals surface area contributed by atoms with Crippen molar-refractivity contribution >= 4 is 0 Å². The molecular formula is C18H19FN4O. The van der Waals surface area contributed by atoms with Crippen LogP contribution in [0.1, 0.15) is 11.1 Å². The molecule has 2 aromatic rings. The van der Waals surface area contributed by atoms with E-state index in [0.717, 1.165) is 6.54 Å². The molecule has 2 aromatic carbocycles. The van der Waals surface area contributed by atoms with Crippen molar-refractivity contribution in [2.45, 2.75) is 25.3 Å². The average molecular weight is 326 g/mol. The number of likely N-dealkylation sites (tertiary alicyclic amines) is 1. The Morgan fingerprint density at radius 1 is 1.12 bits per heavy atom. The number of hydrogen-bond acceptors (Lipinski definition) is 3. The van der Waals surface area contributed by atoms with Gasteiger partial charge in [0.1, 0.15) is 5.82 Å². The summed E-state index contributed by atoms with van der Waals surface area (Å²) in [5.41, 5.74) is 10.5. The molecule has 2 atom stereocenters. The Kier molecular flexibility index (Phi) is 5.43. The Morgan fingerprint density at radius 3 is 2.62 bits per heavy atom. The zero-order valence-corrected chi connectivity index (χ0v) is 13.3. The minimum atomic E-state index is -0.281. The van der Waals surface area contributed by atoms with Gasteiger partial charge in [-0.05, 0) is 17.2 Å². The van der Waals surface area contributed by atoms with Gasteiger partial charge in [-0.3, -0.25) is 4.90 Å². The Balaban J connectivity index is 1.63. The van der Waals surface area contributed by atoms with Gasteiger partial charge < -0.3 is 4.74 Å². The van der Waals surface area contributed by atoms with E-state index in [1.54, 1.807) is 18.2 Å². The highest BCUT2D eigenvalue weighted by atomic mass is 19.1. The fraction of sp³-hybridized carbons (Fsp3) is 0.333. The van der Waals surface area contributed by atoms with Crippen LogP contribution in [0.5, 0.6) is 0 Å². The summed E-state index contributed by atoms with van der Waals surface area (Å²) in [5.74, 6) is -0.281. The van der Waals surface area contributed by atoms with Crippen molar-refractivity contribution in [2.24, 2.45) is 5.11 Å². The number of nitrogens with zero attached hydrogens (tertiary/aromatic N) is 4. The van der Waals surface area contributed by atoms with Crippen LogP contribution >= 0.6 is 0 Å². The molecule has 0 bridgehead atoms. The van der Waals surface area contributed by atoms with E-state index >= 15 is 0 Å². The van der Waals surface area contributed by atoms with E-state index in [-0.39, 0.29) is 24.6 Å². The van der Waals surface area contributed by atoms with Gasteiger partial charge in [-0.25, -0.2) is 4.39 Å². The Labute approximate surface area is 140 Å². The molecule has 6 heteroatoms. The summed E-state index contributed by atoms with van der Waals surface area (Å²) in [6.07, 6.45) is -0.232. The van der Waals surface area contributed by atoms with Crippen LogP contribution in [-0.2, 0) is 17.9 Å². The Morgan fingerprint density at radius 2 is 1.88 bits per heavy atom. The second-order valence-electron chi connectivity index (χ2n) is 5.89. The Hall–Kier alpha value is -2.40. The minimum absolute atomic E-state index is 0.175. The molecule has 0 saturated carbocycles. The highest BCUT2D eigenvalue weighted by Crippen LogP contribution is 2.21. The highest BCUT2D eigenvalue weighted by Gasteiger charge is 2.32. The summed E-state index contributed by atoms with van der Waals surface area (Å²) >= 11 is 0. The lowest BCUT2D eigenvalue weighted by Gasteiger charge is -2.17. The summed E-state index contributed by atoms with van der Waals surface area (Å²) in [6, 6.07) is 16.4. The van der Waals surface area contributed by atoms with Crippen LogP contribution in [0.2, 0.25) is 0 Å². The first kappa shape index (κ1) is 16.5. The van der Waals surface area contributed by atoms with Gasteiger partial charge in [0.2, 0.25) is 0 Å². The largest absolute Gasteiger partial charge is 0.372 e. The standard InChI is InChI=1S/C18H19FN4O/c19-16-9-5-4-8-15(16)13-24-18-12-23(11-17(18)21-22-20)10-14-6-2-1-3-7-14/h1-9,17-18H,10-13H2/t17-,18-/m1/s1. The van der Waals surface area contributed by atoms with E-state index in [9.17, 15) is 4.39 Å². The number of rotatable bonds is 6. The highest BCUT2D eigenvalue weighted by molar-refractivity contribution is 5.17. The van der Waals surface area contributed by atoms with Crippen molar-refractivity contribution in [3.05, 3.63) is 82.0 Å². The molecule has 0 N–H and O–H groups in total. The van der Waals surface area contributed by atoms with E-state index in [0.29, 0.717) is 18.7 Å². The predicted molar refractivity (Wildman–Crippen MR) is 89.6 cm³/mol. The van der Waals surface area contributed by atoms with Gasteiger partial charge in [0.25, 0.3) is 0 Å². The first-order valence-electron chi connectivity index (χ1n) is 7.92. The van der Waals surface area contributed by atoms with Crippen LogP contribution in [-0.4, -0.2) is 30.1 Å². The fourth-order valence-corrected chi connectivity index (χ4v) is 2.96. The molecule has 24 heavy (non-hydrogen) atoms. The van der Waals surface area contributed by atoms with Crippen LogP contribution in [0, 0.1) is 5.82 Å². The van der Waals surface area contributed by atoms with Gasteiger partial charge in [0, 0.05) is 30.1 Å². The second-order valence-corrected chi connectivity index (χ2v) is 5.89. The summed E-state index contributed by atoms with van der Waals surface area (Å²) < 4.78 is 19.6. The van der Waals surface area contributed by atoms with Crippen LogP contribution in [0.4, 0.5) is 4.39 Å². The second kappa shape index (κ2) is 7.93. The van der Waals surface area contributed by atoms with Crippen molar-refractivity contribution in [3.63, 3.8) is 0 Å². The van der Waals surface area contributed by atoms with Crippen LogP contribution in [0.15, 0.2) is 59.7 Å². The number of hydrogen-bond donors (Lipinski definition) is 0. The third-order valence-corrected chi connectivity index (χ3v) is 4.17. The Bertz CT molecular complexity index is 718. The van der Waals surface area contributed by atoms with E-state index in [1.807, 2.05) is 18.2 Å². The molecule has 0 spiro atoms. The van der Waals surface area contributed by atoms with Crippen molar-refractivity contribution in [2.75, 3.05) is 13.1 Å². The van der Waals surface area contributed by atoms with Crippen LogP contribution in [0.25, 0.3) is 10.4 Å². The predicted octanol–water partition coefficient (Wildman–Crippen LogP) is 3.91.